The van der Waals surface area contributed by atoms with Crippen molar-refractivity contribution in [2.24, 2.45) is 0 Å². The summed E-state index contributed by atoms with van der Waals surface area (Å²) in [5.74, 6) is -0.848. The van der Waals surface area contributed by atoms with Crippen LogP contribution in [0.25, 0.3) is 10.9 Å². The maximum Gasteiger partial charge on any atom is 0.325 e. The van der Waals surface area contributed by atoms with E-state index in [2.05, 4.69) is 10.3 Å². The Labute approximate surface area is 178 Å². The van der Waals surface area contributed by atoms with Crippen molar-refractivity contribution in [3.8, 4) is 0 Å². The van der Waals surface area contributed by atoms with Gasteiger partial charge in [0, 0.05) is 28.2 Å². The predicted octanol–water partition coefficient (Wildman–Crippen LogP) is 4.18. The van der Waals surface area contributed by atoms with Crippen LogP contribution < -0.4 is 5.32 Å². The highest BCUT2D eigenvalue weighted by Crippen LogP contribution is 2.39. The first-order chi connectivity index (χ1) is 14.5. The molecule has 0 radical (unpaired) electrons. The van der Waals surface area contributed by atoms with Crippen molar-refractivity contribution in [2.75, 3.05) is 19.7 Å². The Morgan fingerprint density at radius 1 is 1.27 bits per heavy atom. The summed E-state index contributed by atoms with van der Waals surface area (Å²) in [6.07, 6.45) is 0.625. The number of carbonyl (C=O) groups is 2. The lowest BCUT2D eigenvalue weighted by Gasteiger charge is -2.36. The van der Waals surface area contributed by atoms with Gasteiger partial charge in [-0.05, 0) is 54.8 Å². The zero-order valence-corrected chi connectivity index (χ0v) is 17.1. The maximum absolute atomic E-state index is 13.5. The minimum absolute atomic E-state index is 0.214. The number of carbonyl (C=O) groups excluding carboxylic acids is 2. The van der Waals surface area contributed by atoms with Gasteiger partial charge >= 0.3 is 12.0 Å². The zero-order chi connectivity index (χ0) is 21.3. The van der Waals surface area contributed by atoms with Crippen LogP contribution in [-0.2, 0) is 16.0 Å². The number of urea groups is 1. The number of fused-ring (bicyclic) bond motifs is 3. The number of nitrogens with one attached hydrogen (secondary N) is 2. The average Bonchev–Trinajstić information content (AvgIpc) is 3.10. The van der Waals surface area contributed by atoms with Gasteiger partial charge in [0.1, 0.15) is 12.4 Å². The molecule has 0 fully saturated rings. The fourth-order valence-corrected chi connectivity index (χ4v) is 4.10. The lowest BCUT2D eigenvalue weighted by atomic mass is 9.92. The third-order valence-corrected chi connectivity index (χ3v) is 5.46. The summed E-state index contributed by atoms with van der Waals surface area (Å²) in [7, 11) is 0. The largest absolute Gasteiger partial charge is 0.465 e. The van der Waals surface area contributed by atoms with Crippen molar-refractivity contribution in [2.45, 2.75) is 19.4 Å². The van der Waals surface area contributed by atoms with Gasteiger partial charge in [-0.15, -0.1) is 0 Å². The Bertz CT molecular complexity index is 1100. The predicted molar refractivity (Wildman–Crippen MR) is 112 cm³/mol. The molecule has 1 atom stereocenters. The van der Waals surface area contributed by atoms with Crippen LogP contribution in [0.2, 0.25) is 5.02 Å². The molecule has 0 spiro atoms. The number of halogens is 2. The molecule has 2 N–H and O–H groups in total. The van der Waals surface area contributed by atoms with Crippen molar-refractivity contribution in [1.29, 1.82) is 0 Å². The standard InChI is InChI=1S/C22H21ClFN3O3/c1-2-30-19(28)12-25-22(29)27-10-9-16-17-11-14(23)5-8-18(17)26-20(16)21(27)13-3-6-15(24)7-4-13/h3-8,11,21,26H,2,9-10,12H2,1H3,(H,25,29). The number of hydrogen-bond acceptors (Lipinski definition) is 3. The first-order valence-corrected chi connectivity index (χ1v) is 10.1. The summed E-state index contributed by atoms with van der Waals surface area (Å²) in [5.41, 5.74) is 3.62. The minimum atomic E-state index is -0.498. The third kappa shape index (κ3) is 3.85. The molecule has 156 valence electrons. The van der Waals surface area contributed by atoms with Crippen LogP contribution in [0.15, 0.2) is 42.5 Å². The van der Waals surface area contributed by atoms with E-state index in [0.29, 0.717) is 18.0 Å². The Morgan fingerprint density at radius 2 is 2.03 bits per heavy atom. The van der Waals surface area contributed by atoms with E-state index in [-0.39, 0.29) is 25.0 Å². The second kappa shape index (κ2) is 8.36. The maximum atomic E-state index is 13.5. The fourth-order valence-electron chi connectivity index (χ4n) is 3.93. The van der Waals surface area contributed by atoms with Crippen LogP contribution in [-0.4, -0.2) is 41.6 Å². The molecule has 2 aromatic carbocycles. The number of ether oxygens (including phenoxy) is 1. The summed E-state index contributed by atoms with van der Waals surface area (Å²) >= 11 is 6.19. The van der Waals surface area contributed by atoms with Gasteiger partial charge < -0.3 is 19.9 Å². The van der Waals surface area contributed by atoms with Crippen molar-refractivity contribution in [3.63, 3.8) is 0 Å². The Morgan fingerprint density at radius 3 is 2.77 bits per heavy atom. The molecule has 4 rings (SSSR count). The van der Waals surface area contributed by atoms with Gasteiger partial charge in [0.15, 0.2) is 0 Å². The summed E-state index contributed by atoms with van der Waals surface area (Å²) < 4.78 is 18.4. The molecule has 8 heteroatoms. The molecule has 1 aromatic heterocycles. The van der Waals surface area contributed by atoms with E-state index in [9.17, 15) is 14.0 Å². The highest BCUT2D eigenvalue weighted by Gasteiger charge is 2.34. The van der Waals surface area contributed by atoms with Gasteiger partial charge in [-0.3, -0.25) is 4.79 Å². The fraction of sp³-hybridized carbons (Fsp3) is 0.273. The summed E-state index contributed by atoms with van der Waals surface area (Å²) in [4.78, 5) is 29.6. The van der Waals surface area contributed by atoms with E-state index >= 15 is 0 Å². The number of benzene rings is 2. The summed E-state index contributed by atoms with van der Waals surface area (Å²) in [6.45, 7) is 2.17. The van der Waals surface area contributed by atoms with Crippen molar-refractivity contribution < 1.29 is 18.7 Å². The van der Waals surface area contributed by atoms with Gasteiger partial charge in [-0.2, -0.15) is 0 Å². The molecule has 30 heavy (non-hydrogen) atoms. The van der Waals surface area contributed by atoms with Gasteiger partial charge in [0.2, 0.25) is 0 Å². The summed E-state index contributed by atoms with van der Waals surface area (Å²) in [6, 6.07) is 10.9. The molecular weight excluding hydrogens is 409 g/mol. The van der Waals surface area contributed by atoms with Gasteiger partial charge in [-0.1, -0.05) is 23.7 Å². The molecule has 2 heterocycles. The molecule has 0 saturated carbocycles. The highest BCUT2D eigenvalue weighted by atomic mass is 35.5. The second-order valence-electron chi connectivity index (χ2n) is 7.07. The van der Waals surface area contributed by atoms with Gasteiger partial charge in [-0.25, -0.2) is 9.18 Å². The number of rotatable bonds is 4. The van der Waals surface area contributed by atoms with E-state index in [1.54, 1.807) is 24.0 Å². The monoisotopic (exact) mass is 429 g/mol. The topological polar surface area (TPSA) is 74.4 Å². The molecule has 1 aliphatic rings. The molecule has 0 aliphatic carbocycles. The Kier molecular flexibility index (Phi) is 5.63. The van der Waals surface area contributed by atoms with Crippen LogP contribution in [0.1, 0.15) is 29.8 Å². The van der Waals surface area contributed by atoms with E-state index in [4.69, 9.17) is 16.3 Å². The van der Waals surface area contributed by atoms with Crippen molar-refractivity contribution >= 4 is 34.5 Å². The molecule has 0 bridgehead atoms. The Hall–Kier alpha value is -3.06. The minimum Gasteiger partial charge on any atom is -0.465 e. The number of aromatic nitrogens is 1. The van der Waals surface area contributed by atoms with Gasteiger partial charge in [0.05, 0.1) is 12.6 Å². The molecule has 2 amide bonds. The average molecular weight is 430 g/mol. The van der Waals surface area contributed by atoms with Gasteiger partial charge in [0.25, 0.3) is 0 Å². The molecule has 1 aliphatic heterocycles. The van der Waals surface area contributed by atoms with Crippen LogP contribution >= 0.6 is 11.6 Å². The third-order valence-electron chi connectivity index (χ3n) is 5.22. The van der Waals surface area contributed by atoms with E-state index < -0.39 is 12.0 Å². The first kappa shape index (κ1) is 20.2. The SMILES string of the molecule is CCOC(=O)CNC(=O)N1CCc2c([nH]c3ccc(Cl)cc23)C1c1ccc(F)cc1. The van der Waals surface area contributed by atoms with Crippen LogP contribution in [0.3, 0.4) is 0 Å². The number of nitrogens with zero attached hydrogens (tertiary/aromatic N) is 1. The molecular formula is C22H21ClFN3O3. The smallest absolute Gasteiger partial charge is 0.325 e. The van der Waals surface area contributed by atoms with E-state index in [1.807, 2.05) is 18.2 Å². The molecule has 0 saturated heterocycles. The Balaban J connectivity index is 1.72. The van der Waals surface area contributed by atoms with Crippen LogP contribution in [0.5, 0.6) is 0 Å². The number of amides is 2. The lowest BCUT2D eigenvalue weighted by molar-refractivity contribution is -0.141. The highest BCUT2D eigenvalue weighted by molar-refractivity contribution is 6.31. The van der Waals surface area contributed by atoms with Crippen molar-refractivity contribution in [3.05, 3.63) is 70.1 Å². The quantitative estimate of drug-likeness (QED) is 0.611. The summed E-state index contributed by atoms with van der Waals surface area (Å²) in [5, 5.41) is 4.27. The first-order valence-electron chi connectivity index (χ1n) is 9.73. The molecule has 6 nitrogen and oxygen atoms in total. The second-order valence-corrected chi connectivity index (χ2v) is 7.50. The van der Waals surface area contributed by atoms with E-state index in [1.165, 1.54) is 12.1 Å². The zero-order valence-electron chi connectivity index (χ0n) is 16.4. The normalized spacial score (nSPS) is 15.7. The van der Waals surface area contributed by atoms with Crippen LogP contribution in [0.4, 0.5) is 9.18 Å². The number of hydrogen-bond donors (Lipinski definition) is 2. The van der Waals surface area contributed by atoms with E-state index in [0.717, 1.165) is 27.7 Å². The lowest BCUT2D eigenvalue weighted by Crippen LogP contribution is -2.47. The van der Waals surface area contributed by atoms with Crippen molar-refractivity contribution in [1.82, 2.24) is 15.2 Å². The molecule has 1 unspecified atom stereocenters. The molecule has 3 aromatic rings. The number of esters is 1. The number of aromatic amines is 1. The van der Waals surface area contributed by atoms with Crippen LogP contribution in [0, 0.1) is 5.82 Å². The number of H-pyrrole nitrogens is 1.